The Bertz CT molecular complexity index is 56.1. The molecule has 0 aliphatic heterocycles. The predicted molar refractivity (Wildman–Crippen MR) is 47.8 cm³/mol. The van der Waals surface area contributed by atoms with E-state index >= 15 is 0 Å². The molecule has 0 heterocycles. The lowest BCUT2D eigenvalue weighted by atomic mass is 10.3. The molecule has 9 heavy (non-hydrogen) atoms. The normalized spacial score (nSPS) is 11.0. The van der Waals surface area contributed by atoms with Crippen molar-refractivity contribution >= 4 is 21.4 Å². The lowest BCUT2D eigenvalue weighted by Gasteiger charge is -2.25. The predicted octanol–water partition coefficient (Wildman–Crippen LogP) is 0.00480. The standard InChI is InChI=1S/C6H17NSi.Si/c1-5(2)7(8)6(3)4;/h5-6H,1-4,8H3;. The summed E-state index contributed by atoms with van der Waals surface area (Å²) in [6.07, 6.45) is 0. The van der Waals surface area contributed by atoms with E-state index in [1.54, 1.807) is 0 Å². The zero-order valence-corrected chi connectivity index (χ0v) is 10.1. The largest absolute Gasteiger partial charge is 0.328 e. The van der Waals surface area contributed by atoms with Crippen molar-refractivity contribution in [3.05, 3.63) is 0 Å². The van der Waals surface area contributed by atoms with E-state index in [0.717, 1.165) is 12.1 Å². The van der Waals surface area contributed by atoms with Crippen molar-refractivity contribution < 1.29 is 0 Å². The molecule has 0 aliphatic carbocycles. The van der Waals surface area contributed by atoms with E-state index in [9.17, 15) is 0 Å². The molecule has 0 unspecified atom stereocenters. The van der Waals surface area contributed by atoms with Crippen LogP contribution in [0.3, 0.4) is 0 Å². The van der Waals surface area contributed by atoms with Crippen molar-refractivity contribution in [2.75, 3.05) is 0 Å². The Hall–Kier alpha value is 0.394. The molecule has 0 N–H and O–H groups in total. The molecule has 3 heteroatoms. The van der Waals surface area contributed by atoms with Crippen LogP contribution < -0.4 is 0 Å². The first-order valence-electron chi connectivity index (χ1n) is 3.27. The molecule has 0 saturated carbocycles. The molecule has 0 rings (SSSR count). The van der Waals surface area contributed by atoms with E-state index in [1.807, 2.05) is 0 Å². The van der Waals surface area contributed by atoms with Crippen LogP contribution in [-0.2, 0) is 0 Å². The molecule has 0 amide bonds. The summed E-state index contributed by atoms with van der Waals surface area (Å²) >= 11 is 0. The first-order chi connectivity index (χ1) is 3.55. The van der Waals surface area contributed by atoms with Gasteiger partial charge in [-0.15, -0.1) is 0 Å². The second-order valence-electron chi connectivity index (χ2n) is 2.85. The van der Waals surface area contributed by atoms with Gasteiger partial charge >= 0.3 is 0 Å². The highest BCUT2D eigenvalue weighted by Gasteiger charge is 2.04. The minimum Gasteiger partial charge on any atom is -0.328 e. The van der Waals surface area contributed by atoms with Crippen LogP contribution >= 0.6 is 0 Å². The van der Waals surface area contributed by atoms with E-state index in [1.165, 1.54) is 10.4 Å². The average molecular weight is 159 g/mol. The molecule has 0 spiro atoms. The summed E-state index contributed by atoms with van der Waals surface area (Å²) in [5.74, 6) is 0. The Morgan fingerprint density at radius 1 is 1.00 bits per heavy atom. The van der Waals surface area contributed by atoms with Crippen molar-refractivity contribution in [1.29, 1.82) is 0 Å². The molecule has 0 aromatic carbocycles. The number of hydrogen-bond donors (Lipinski definition) is 0. The van der Waals surface area contributed by atoms with Crippen molar-refractivity contribution in [3.63, 3.8) is 0 Å². The van der Waals surface area contributed by atoms with E-state index < -0.39 is 0 Å². The number of rotatable bonds is 2. The quantitative estimate of drug-likeness (QED) is 0.513. The lowest BCUT2D eigenvalue weighted by molar-refractivity contribution is 0.320. The second-order valence-corrected chi connectivity index (χ2v) is 3.89. The van der Waals surface area contributed by atoms with Crippen LogP contribution in [0.15, 0.2) is 0 Å². The van der Waals surface area contributed by atoms with E-state index in [2.05, 4.69) is 32.3 Å². The van der Waals surface area contributed by atoms with Gasteiger partial charge in [-0.2, -0.15) is 0 Å². The minimum atomic E-state index is 0. The summed E-state index contributed by atoms with van der Waals surface area (Å²) in [6, 6.07) is 1.48. The molecular formula is C6H17NSi2. The van der Waals surface area contributed by atoms with Crippen LogP contribution in [0.2, 0.25) is 0 Å². The smallest absolute Gasteiger partial charge is 0.0790 e. The van der Waals surface area contributed by atoms with Crippen molar-refractivity contribution in [3.8, 4) is 0 Å². The van der Waals surface area contributed by atoms with Gasteiger partial charge in [0, 0.05) is 11.0 Å². The van der Waals surface area contributed by atoms with Gasteiger partial charge in [-0.1, -0.05) is 27.7 Å². The fraction of sp³-hybridized carbons (Fsp3) is 1.00. The van der Waals surface area contributed by atoms with E-state index in [-0.39, 0.29) is 11.0 Å². The average Bonchev–Trinajstić information content (AvgIpc) is 1.64. The molecule has 0 fully saturated rings. The Morgan fingerprint density at radius 2 is 1.22 bits per heavy atom. The van der Waals surface area contributed by atoms with Crippen LogP contribution in [0, 0.1) is 0 Å². The van der Waals surface area contributed by atoms with Gasteiger partial charge in [0.2, 0.25) is 0 Å². The summed E-state index contributed by atoms with van der Waals surface area (Å²) < 4.78 is 2.47. The minimum absolute atomic E-state index is 0. The van der Waals surface area contributed by atoms with Gasteiger partial charge in [0.15, 0.2) is 0 Å². The first-order valence-corrected chi connectivity index (χ1v) is 4.17. The highest BCUT2D eigenvalue weighted by atomic mass is 28.2. The maximum atomic E-state index is 2.47. The first kappa shape index (κ1) is 12.1. The second kappa shape index (κ2) is 5.20. The van der Waals surface area contributed by atoms with Crippen LogP contribution in [0.25, 0.3) is 0 Å². The summed E-state index contributed by atoms with van der Waals surface area (Å²) in [5.41, 5.74) is 0. The molecule has 1 nitrogen and oxygen atoms in total. The van der Waals surface area contributed by atoms with Crippen molar-refractivity contribution in [1.82, 2.24) is 4.57 Å². The maximum Gasteiger partial charge on any atom is 0.0790 e. The maximum absolute atomic E-state index is 2.47. The fourth-order valence-electron chi connectivity index (χ4n) is 0.596. The molecule has 0 atom stereocenters. The third-order valence-corrected chi connectivity index (χ3v) is 3.69. The molecule has 0 aromatic heterocycles. The van der Waals surface area contributed by atoms with Gasteiger partial charge in [0.1, 0.15) is 0 Å². The molecule has 0 saturated heterocycles. The Labute approximate surface area is 66.3 Å². The number of hydrogen-bond acceptors (Lipinski definition) is 1. The van der Waals surface area contributed by atoms with E-state index in [0.29, 0.717) is 0 Å². The van der Waals surface area contributed by atoms with Gasteiger partial charge in [-0.3, -0.25) is 0 Å². The summed E-state index contributed by atoms with van der Waals surface area (Å²) in [7, 11) is 1.19. The zero-order valence-electron chi connectivity index (χ0n) is 7.10. The highest BCUT2D eigenvalue weighted by molar-refractivity contribution is 6.04. The van der Waals surface area contributed by atoms with E-state index in [4.69, 9.17) is 0 Å². The summed E-state index contributed by atoms with van der Waals surface area (Å²) in [6.45, 7) is 8.97. The van der Waals surface area contributed by atoms with Gasteiger partial charge in [0.25, 0.3) is 0 Å². The number of nitrogens with zero attached hydrogens (tertiary/aromatic N) is 1. The van der Waals surface area contributed by atoms with Crippen LogP contribution in [0.1, 0.15) is 27.7 Å². The third-order valence-electron chi connectivity index (χ3n) is 1.63. The molecule has 0 aromatic rings. The SMILES string of the molecule is CC(C)N([SiH3])C(C)C.[Si]. The van der Waals surface area contributed by atoms with Gasteiger partial charge < -0.3 is 4.57 Å². The fourth-order valence-corrected chi connectivity index (χ4v) is 0.596. The molecule has 0 aliphatic rings. The van der Waals surface area contributed by atoms with Crippen LogP contribution in [-0.4, -0.2) is 38.0 Å². The molecule has 54 valence electrons. The van der Waals surface area contributed by atoms with Crippen LogP contribution in [0.4, 0.5) is 0 Å². The topological polar surface area (TPSA) is 3.24 Å². The lowest BCUT2D eigenvalue weighted by Crippen LogP contribution is -2.34. The highest BCUT2D eigenvalue weighted by Crippen LogP contribution is 1.97. The zero-order chi connectivity index (χ0) is 6.73. The Balaban J connectivity index is 0. The monoisotopic (exact) mass is 159 g/mol. The molecular weight excluding hydrogens is 142 g/mol. The van der Waals surface area contributed by atoms with Gasteiger partial charge in [-0.25, -0.2) is 0 Å². The van der Waals surface area contributed by atoms with Gasteiger partial charge in [-0.05, 0) is 12.1 Å². The Kier molecular flexibility index (Phi) is 7.00. The third kappa shape index (κ3) is 4.87. The van der Waals surface area contributed by atoms with Gasteiger partial charge in [0.05, 0.1) is 10.4 Å². The van der Waals surface area contributed by atoms with Crippen LogP contribution in [0.5, 0.6) is 0 Å². The Morgan fingerprint density at radius 3 is 1.22 bits per heavy atom. The molecule has 4 radical (unpaired) electrons. The summed E-state index contributed by atoms with van der Waals surface area (Å²) in [4.78, 5) is 0. The van der Waals surface area contributed by atoms with Crippen molar-refractivity contribution in [2.45, 2.75) is 39.8 Å². The summed E-state index contributed by atoms with van der Waals surface area (Å²) in [5, 5.41) is 0. The molecule has 0 bridgehead atoms. The van der Waals surface area contributed by atoms with Crippen molar-refractivity contribution in [2.24, 2.45) is 0 Å².